The highest BCUT2D eigenvalue weighted by atomic mass is 16.2. The van der Waals surface area contributed by atoms with Crippen molar-refractivity contribution in [3.8, 4) is 0 Å². The van der Waals surface area contributed by atoms with Crippen molar-refractivity contribution >= 4 is 17.7 Å². The maximum absolute atomic E-state index is 12.5. The van der Waals surface area contributed by atoms with Crippen molar-refractivity contribution in [2.45, 2.75) is 39.2 Å². The number of hydrogen-bond acceptors (Lipinski definition) is 7. The van der Waals surface area contributed by atoms with E-state index in [2.05, 4.69) is 24.8 Å². The van der Waals surface area contributed by atoms with Crippen LogP contribution in [0, 0.1) is 12.3 Å². The fourth-order valence-corrected chi connectivity index (χ4v) is 4.17. The van der Waals surface area contributed by atoms with E-state index in [-0.39, 0.29) is 11.3 Å². The second kappa shape index (κ2) is 7.09. The van der Waals surface area contributed by atoms with E-state index in [1.807, 2.05) is 11.8 Å². The number of nitrogens with two attached hydrogens (primary N) is 1. The van der Waals surface area contributed by atoms with Crippen molar-refractivity contribution in [3.05, 3.63) is 36.0 Å². The molecule has 2 N–H and O–H groups in total. The van der Waals surface area contributed by atoms with Crippen LogP contribution in [-0.4, -0.2) is 50.4 Å². The zero-order valence-electron chi connectivity index (χ0n) is 15.6. The first-order chi connectivity index (χ1) is 13.0. The van der Waals surface area contributed by atoms with E-state index in [1.54, 1.807) is 24.7 Å². The van der Waals surface area contributed by atoms with Crippen molar-refractivity contribution in [1.29, 1.82) is 0 Å². The van der Waals surface area contributed by atoms with E-state index in [0.29, 0.717) is 24.7 Å². The van der Waals surface area contributed by atoms with Gasteiger partial charge in [-0.1, -0.05) is 0 Å². The van der Waals surface area contributed by atoms with E-state index < -0.39 is 0 Å². The second-order valence-electron chi connectivity index (χ2n) is 7.71. The van der Waals surface area contributed by atoms with Gasteiger partial charge in [0.2, 0.25) is 11.9 Å². The molecular weight excluding hydrogens is 342 g/mol. The van der Waals surface area contributed by atoms with Gasteiger partial charge in [0.05, 0.1) is 24.1 Å². The maximum atomic E-state index is 12.5. The van der Waals surface area contributed by atoms with Gasteiger partial charge in [-0.15, -0.1) is 0 Å². The summed E-state index contributed by atoms with van der Waals surface area (Å²) in [5.74, 6) is 1.36. The Hall–Kier alpha value is -2.77. The lowest BCUT2D eigenvalue weighted by Crippen LogP contribution is -2.54. The topological polar surface area (TPSA) is 101 Å². The molecule has 1 unspecified atom stereocenters. The molecule has 2 aliphatic heterocycles. The van der Waals surface area contributed by atoms with Gasteiger partial charge < -0.3 is 15.5 Å². The van der Waals surface area contributed by atoms with E-state index in [1.165, 1.54) is 0 Å². The third kappa shape index (κ3) is 3.84. The van der Waals surface area contributed by atoms with Gasteiger partial charge in [-0.2, -0.15) is 4.98 Å². The van der Waals surface area contributed by atoms with Crippen LogP contribution in [-0.2, 0) is 11.3 Å². The number of anilines is 2. The van der Waals surface area contributed by atoms with Gasteiger partial charge in [0.15, 0.2) is 0 Å². The summed E-state index contributed by atoms with van der Waals surface area (Å²) in [5, 5.41) is 0. The zero-order valence-corrected chi connectivity index (χ0v) is 15.6. The molecule has 1 amide bonds. The third-order valence-corrected chi connectivity index (χ3v) is 5.54. The van der Waals surface area contributed by atoms with Crippen molar-refractivity contribution in [1.82, 2.24) is 24.8 Å². The fraction of sp³-hybridized carbons (Fsp3) is 0.526. The van der Waals surface area contributed by atoms with E-state index in [4.69, 9.17) is 5.73 Å². The molecule has 0 aromatic carbocycles. The van der Waals surface area contributed by atoms with Crippen LogP contribution in [0.2, 0.25) is 0 Å². The summed E-state index contributed by atoms with van der Waals surface area (Å²) in [7, 11) is 0. The summed E-state index contributed by atoms with van der Waals surface area (Å²) in [6.45, 7) is 4.93. The van der Waals surface area contributed by atoms with Gasteiger partial charge in [0.25, 0.3) is 0 Å². The number of amides is 1. The molecule has 0 aliphatic carbocycles. The van der Waals surface area contributed by atoms with Crippen LogP contribution in [0.5, 0.6) is 0 Å². The van der Waals surface area contributed by atoms with Crippen LogP contribution in [0.4, 0.5) is 11.8 Å². The van der Waals surface area contributed by atoms with Gasteiger partial charge in [-0.3, -0.25) is 14.8 Å². The Morgan fingerprint density at radius 2 is 2.07 bits per heavy atom. The van der Waals surface area contributed by atoms with Crippen LogP contribution in [0.25, 0.3) is 0 Å². The van der Waals surface area contributed by atoms with Gasteiger partial charge in [0, 0.05) is 43.9 Å². The van der Waals surface area contributed by atoms with Crippen LogP contribution in [0.3, 0.4) is 0 Å². The predicted molar refractivity (Wildman–Crippen MR) is 102 cm³/mol. The number of hydrogen-bond donors (Lipinski definition) is 1. The molecule has 142 valence electrons. The van der Waals surface area contributed by atoms with Gasteiger partial charge >= 0.3 is 0 Å². The summed E-state index contributed by atoms with van der Waals surface area (Å²) in [6.07, 6.45) is 8.85. The summed E-state index contributed by atoms with van der Waals surface area (Å²) in [5.41, 5.74) is 7.61. The number of nitrogen functional groups attached to an aromatic ring is 1. The smallest absolute Gasteiger partial charge is 0.227 e. The Balaban J connectivity index is 1.50. The highest BCUT2D eigenvalue weighted by Gasteiger charge is 2.42. The Kier molecular flexibility index (Phi) is 4.63. The first-order valence-corrected chi connectivity index (χ1v) is 9.42. The number of piperidine rings is 2. The molecule has 2 aliphatic rings. The summed E-state index contributed by atoms with van der Waals surface area (Å²) in [6, 6.07) is 1.70. The first kappa shape index (κ1) is 17.6. The minimum atomic E-state index is 0.0677. The van der Waals surface area contributed by atoms with Crippen molar-refractivity contribution < 1.29 is 4.79 Å². The molecule has 1 spiro atoms. The monoisotopic (exact) mass is 367 g/mol. The predicted octanol–water partition coefficient (Wildman–Crippen LogP) is 1.57. The SMILES string of the molecule is Cc1cnc(CN2CC3(CCCN(c4nccc(N)n4)C3)CCC2=O)cn1. The lowest BCUT2D eigenvalue weighted by atomic mass is 9.73. The zero-order chi connectivity index (χ0) is 18.9. The molecule has 0 saturated carbocycles. The number of nitrogens with zero attached hydrogens (tertiary/aromatic N) is 6. The van der Waals surface area contributed by atoms with Crippen LogP contribution < -0.4 is 10.6 Å². The quantitative estimate of drug-likeness (QED) is 0.878. The molecule has 8 heteroatoms. The Labute approximate surface area is 158 Å². The summed E-state index contributed by atoms with van der Waals surface area (Å²) in [4.78, 5) is 34.1. The Morgan fingerprint density at radius 3 is 2.85 bits per heavy atom. The minimum absolute atomic E-state index is 0.0677. The first-order valence-electron chi connectivity index (χ1n) is 9.42. The van der Waals surface area contributed by atoms with Gasteiger partial charge in [-0.05, 0) is 32.3 Å². The van der Waals surface area contributed by atoms with Crippen LogP contribution in [0.15, 0.2) is 24.7 Å². The molecule has 1 atom stereocenters. The second-order valence-corrected chi connectivity index (χ2v) is 7.71. The molecule has 4 rings (SSSR count). The maximum Gasteiger partial charge on any atom is 0.227 e. The average molecular weight is 367 g/mol. The van der Waals surface area contributed by atoms with Crippen molar-refractivity contribution in [2.24, 2.45) is 5.41 Å². The minimum Gasteiger partial charge on any atom is -0.384 e. The number of carbonyl (C=O) groups excluding carboxylic acids is 1. The summed E-state index contributed by atoms with van der Waals surface area (Å²) >= 11 is 0. The lowest BCUT2D eigenvalue weighted by molar-refractivity contribution is -0.138. The molecule has 27 heavy (non-hydrogen) atoms. The molecular formula is C19H25N7O. The summed E-state index contributed by atoms with van der Waals surface area (Å²) < 4.78 is 0. The lowest BCUT2D eigenvalue weighted by Gasteiger charge is -2.48. The molecule has 4 heterocycles. The number of likely N-dealkylation sites (tertiary alicyclic amines) is 1. The van der Waals surface area contributed by atoms with E-state index in [9.17, 15) is 4.79 Å². The molecule has 2 fully saturated rings. The third-order valence-electron chi connectivity index (χ3n) is 5.54. The van der Waals surface area contributed by atoms with Crippen LogP contribution in [0.1, 0.15) is 37.1 Å². The molecule has 2 aromatic heterocycles. The Morgan fingerprint density at radius 1 is 1.19 bits per heavy atom. The van der Waals surface area contributed by atoms with Crippen molar-refractivity contribution in [3.63, 3.8) is 0 Å². The normalized spacial score (nSPS) is 23.1. The van der Waals surface area contributed by atoms with E-state index >= 15 is 0 Å². The highest BCUT2D eigenvalue weighted by Crippen LogP contribution is 2.40. The molecule has 2 saturated heterocycles. The largest absolute Gasteiger partial charge is 0.384 e. The number of aryl methyl sites for hydroxylation is 1. The van der Waals surface area contributed by atoms with Gasteiger partial charge in [-0.25, -0.2) is 4.98 Å². The molecule has 0 radical (unpaired) electrons. The number of carbonyl (C=O) groups is 1. The highest BCUT2D eigenvalue weighted by molar-refractivity contribution is 5.77. The number of aromatic nitrogens is 4. The molecule has 8 nitrogen and oxygen atoms in total. The Bertz CT molecular complexity index is 825. The molecule has 0 bridgehead atoms. The number of rotatable bonds is 3. The van der Waals surface area contributed by atoms with Crippen LogP contribution >= 0.6 is 0 Å². The standard InChI is InChI=1S/C19H25N7O/c1-14-9-23-15(10-22-14)11-26-13-19(6-3-17(26)27)5-2-8-25(12-19)18-21-7-4-16(20)24-18/h4,7,9-10H,2-3,5-6,8,11-13H2,1H3,(H2,20,21,24). The van der Waals surface area contributed by atoms with Gasteiger partial charge in [0.1, 0.15) is 5.82 Å². The van der Waals surface area contributed by atoms with E-state index in [0.717, 1.165) is 50.3 Å². The average Bonchev–Trinajstić information content (AvgIpc) is 2.67. The molecule has 2 aromatic rings. The van der Waals surface area contributed by atoms with Crippen molar-refractivity contribution in [2.75, 3.05) is 30.3 Å². The fourth-order valence-electron chi connectivity index (χ4n) is 4.17.